The first-order valence-corrected chi connectivity index (χ1v) is 7.98. The largest absolute Gasteiger partial charge is 0.378 e. The Kier molecular flexibility index (Phi) is 4.44. The van der Waals surface area contributed by atoms with Gasteiger partial charge in [0.15, 0.2) is 0 Å². The number of carbonyl (C=O) groups excluding carboxylic acids is 1. The summed E-state index contributed by atoms with van der Waals surface area (Å²) in [5.41, 5.74) is 1.86. The lowest BCUT2D eigenvalue weighted by Crippen LogP contribution is -2.44. The molecule has 0 N–H and O–H groups in total. The quantitative estimate of drug-likeness (QED) is 0.611. The molecule has 0 spiro atoms. The first-order valence-electron chi connectivity index (χ1n) is 6.75. The fraction of sp³-hybridized carbons (Fsp3) is 0.375. The lowest BCUT2D eigenvalue weighted by atomic mass is 10.1. The van der Waals surface area contributed by atoms with Gasteiger partial charge in [-0.2, -0.15) is 0 Å². The minimum Gasteiger partial charge on any atom is -0.378 e. The molecule has 3 nitrogen and oxygen atoms in total. The lowest BCUT2D eigenvalue weighted by molar-refractivity contribution is -0.125. The molecule has 112 valence electrons. The van der Waals surface area contributed by atoms with E-state index >= 15 is 0 Å². The SMILES string of the molecule is CN(C)c1ccc(/C=C2/SC(=S)N(C(C)(C)C)C2=O)cc1. The van der Waals surface area contributed by atoms with Crippen molar-refractivity contribution in [1.82, 2.24) is 4.90 Å². The molecule has 0 aliphatic carbocycles. The van der Waals surface area contributed by atoms with Gasteiger partial charge < -0.3 is 4.90 Å². The number of carbonyl (C=O) groups is 1. The van der Waals surface area contributed by atoms with E-state index in [2.05, 4.69) is 0 Å². The third kappa shape index (κ3) is 3.47. The van der Waals surface area contributed by atoms with E-state index in [1.807, 2.05) is 70.1 Å². The van der Waals surface area contributed by atoms with Gasteiger partial charge in [-0.25, -0.2) is 0 Å². The molecule has 1 aliphatic rings. The van der Waals surface area contributed by atoms with Crippen molar-refractivity contribution in [3.05, 3.63) is 34.7 Å². The average Bonchev–Trinajstić information content (AvgIpc) is 2.64. The molecule has 0 bridgehead atoms. The second-order valence-electron chi connectivity index (χ2n) is 6.17. The highest BCUT2D eigenvalue weighted by Gasteiger charge is 2.38. The van der Waals surface area contributed by atoms with Crippen molar-refractivity contribution in [1.29, 1.82) is 0 Å². The zero-order valence-corrected chi connectivity index (χ0v) is 14.6. The number of benzene rings is 1. The molecule has 21 heavy (non-hydrogen) atoms. The summed E-state index contributed by atoms with van der Waals surface area (Å²) >= 11 is 6.71. The number of thioether (sulfide) groups is 1. The molecule has 1 saturated heterocycles. The maximum atomic E-state index is 12.5. The van der Waals surface area contributed by atoms with Gasteiger partial charge in [-0.15, -0.1) is 0 Å². The van der Waals surface area contributed by atoms with Crippen LogP contribution >= 0.6 is 24.0 Å². The molecule has 0 atom stereocenters. The third-order valence-electron chi connectivity index (χ3n) is 3.17. The van der Waals surface area contributed by atoms with Crippen LogP contribution in [0.5, 0.6) is 0 Å². The Hall–Kier alpha value is -1.33. The van der Waals surface area contributed by atoms with E-state index in [0.717, 1.165) is 11.3 Å². The van der Waals surface area contributed by atoms with Gasteiger partial charge in [-0.05, 0) is 44.5 Å². The van der Waals surface area contributed by atoms with Crippen molar-refractivity contribution in [2.75, 3.05) is 19.0 Å². The number of rotatable bonds is 2. The Morgan fingerprint density at radius 1 is 1.19 bits per heavy atom. The van der Waals surface area contributed by atoms with Crippen molar-refractivity contribution in [2.45, 2.75) is 26.3 Å². The van der Waals surface area contributed by atoms with E-state index in [4.69, 9.17) is 12.2 Å². The highest BCUT2D eigenvalue weighted by Crippen LogP contribution is 2.36. The van der Waals surface area contributed by atoms with Crippen LogP contribution in [0.4, 0.5) is 5.69 Å². The van der Waals surface area contributed by atoms with E-state index in [1.165, 1.54) is 11.8 Å². The third-order valence-corrected chi connectivity index (χ3v) is 4.47. The van der Waals surface area contributed by atoms with Gasteiger partial charge in [0.05, 0.1) is 4.91 Å². The average molecular weight is 320 g/mol. The van der Waals surface area contributed by atoms with Crippen LogP contribution in [0, 0.1) is 0 Å². The van der Waals surface area contributed by atoms with E-state index in [1.54, 1.807) is 4.90 Å². The monoisotopic (exact) mass is 320 g/mol. The molecule has 0 saturated carbocycles. The van der Waals surface area contributed by atoms with Crippen LogP contribution in [0.3, 0.4) is 0 Å². The summed E-state index contributed by atoms with van der Waals surface area (Å²) in [5, 5.41) is 0. The molecule has 0 unspecified atom stereocenters. The van der Waals surface area contributed by atoms with E-state index in [9.17, 15) is 4.79 Å². The van der Waals surface area contributed by atoms with Crippen molar-refractivity contribution in [2.24, 2.45) is 0 Å². The van der Waals surface area contributed by atoms with Gasteiger partial charge in [0.25, 0.3) is 5.91 Å². The molecular weight excluding hydrogens is 300 g/mol. The molecular formula is C16H20N2OS2. The molecule has 1 amide bonds. The predicted octanol–water partition coefficient (Wildman–Crippen LogP) is 3.75. The zero-order chi connectivity index (χ0) is 15.8. The van der Waals surface area contributed by atoms with Crippen molar-refractivity contribution in [3.8, 4) is 0 Å². The molecule has 1 aliphatic heterocycles. The zero-order valence-electron chi connectivity index (χ0n) is 13.0. The van der Waals surface area contributed by atoms with Gasteiger partial charge in [0.1, 0.15) is 4.32 Å². The standard InChI is InChI=1S/C16H20N2OS2/c1-16(2,3)18-14(19)13(21-15(18)20)10-11-6-8-12(9-7-11)17(4)5/h6-10H,1-5H3/b13-10+. The maximum absolute atomic E-state index is 12.5. The Morgan fingerprint density at radius 3 is 2.19 bits per heavy atom. The predicted molar refractivity (Wildman–Crippen MR) is 95.5 cm³/mol. The Balaban J connectivity index is 2.26. The van der Waals surface area contributed by atoms with Crippen LogP contribution in [0.25, 0.3) is 6.08 Å². The van der Waals surface area contributed by atoms with Gasteiger partial charge in [-0.1, -0.05) is 36.1 Å². The first-order chi connectivity index (χ1) is 9.70. The van der Waals surface area contributed by atoms with Gasteiger partial charge in [0, 0.05) is 25.3 Å². The number of nitrogens with zero attached hydrogens (tertiary/aromatic N) is 2. The normalized spacial score (nSPS) is 17.8. The molecule has 1 fully saturated rings. The second kappa shape index (κ2) is 5.81. The van der Waals surface area contributed by atoms with Crippen molar-refractivity contribution in [3.63, 3.8) is 0 Å². The van der Waals surface area contributed by atoms with Gasteiger partial charge in [0.2, 0.25) is 0 Å². The molecule has 1 heterocycles. The van der Waals surface area contributed by atoms with Crippen LogP contribution in [0.1, 0.15) is 26.3 Å². The summed E-state index contributed by atoms with van der Waals surface area (Å²) in [5.74, 6) is -0.00538. The fourth-order valence-electron chi connectivity index (χ4n) is 2.07. The number of hydrogen-bond acceptors (Lipinski definition) is 4. The Morgan fingerprint density at radius 2 is 1.76 bits per heavy atom. The first kappa shape index (κ1) is 16.0. The van der Waals surface area contributed by atoms with Gasteiger partial charge in [-0.3, -0.25) is 9.69 Å². The van der Waals surface area contributed by atoms with E-state index < -0.39 is 0 Å². The molecule has 0 aromatic heterocycles. The van der Waals surface area contributed by atoms with Crippen LogP contribution in [-0.2, 0) is 4.79 Å². The summed E-state index contributed by atoms with van der Waals surface area (Å²) < 4.78 is 0.628. The lowest BCUT2D eigenvalue weighted by Gasteiger charge is -2.30. The summed E-state index contributed by atoms with van der Waals surface area (Å²) in [4.78, 5) is 16.9. The molecule has 2 rings (SSSR count). The van der Waals surface area contributed by atoms with Gasteiger partial charge >= 0.3 is 0 Å². The summed E-state index contributed by atoms with van der Waals surface area (Å²) in [6.45, 7) is 5.98. The van der Waals surface area contributed by atoms with Crippen LogP contribution < -0.4 is 4.90 Å². The molecule has 0 radical (unpaired) electrons. The number of thiocarbonyl (C=S) groups is 1. The molecule has 1 aromatic carbocycles. The minimum atomic E-state index is -0.286. The summed E-state index contributed by atoms with van der Waals surface area (Å²) in [6, 6.07) is 8.10. The van der Waals surface area contributed by atoms with E-state index in [-0.39, 0.29) is 11.4 Å². The highest BCUT2D eigenvalue weighted by atomic mass is 32.2. The van der Waals surface area contributed by atoms with Crippen molar-refractivity contribution >= 4 is 46.0 Å². The van der Waals surface area contributed by atoms with Crippen LogP contribution in [-0.4, -0.2) is 34.8 Å². The minimum absolute atomic E-state index is 0.00538. The summed E-state index contributed by atoms with van der Waals surface area (Å²) in [7, 11) is 4.01. The molecule has 5 heteroatoms. The fourth-order valence-corrected chi connectivity index (χ4v) is 3.70. The molecule has 1 aromatic rings. The Labute approximate surface area is 136 Å². The van der Waals surface area contributed by atoms with Crippen LogP contribution in [0.15, 0.2) is 29.2 Å². The van der Waals surface area contributed by atoms with Crippen LogP contribution in [0.2, 0.25) is 0 Å². The second-order valence-corrected chi connectivity index (χ2v) is 7.85. The number of hydrogen-bond donors (Lipinski definition) is 0. The summed E-state index contributed by atoms with van der Waals surface area (Å²) in [6.07, 6.45) is 1.91. The van der Waals surface area contributed by atoms with Crippen molar-refractivity contribution < 1.29 is 4.79 Å². The number of amides is 1. The maximum Gasteiger partial charge on any atom is 0.266 e. The highest BCUT2D eigenvalue weighted by molar-refractivity contribution is 8.26. The topological polar surface area (TPSA) is 23.6 Å². The smallest absolute Gasteiger partial charge is 0.266 e. The Bertz CT molecular complexity index is 598. The number of anilines is 1. The van der Waals surface area contributed by atoms with E-state index in [0.29, 0.717) is 9.23 Å².